The lowest BCUT2D eigenvalue weighted by atomic mass is 10.3. The maximum absolute atomic E-state index is 5.42. The summed E-state index contributed by atoms with van der Waals surface area (Å²) in [7, 11) is 0. The zero-order valence-corrected chi connectivity index (χ0v) is 6.64. The minimum atomic E-state index is 0.487. The van der Waals surface area contributed by atoms with Gasteiger partial charge in [0.2, 0.25) is 0 Å². The molecule has 0 aromatic heterocycles. The summed E-state index contributed by atoms with van der Waals surface area (Å²) in [6.07, 6.45) is 5.61. The van der Waals surface area contributed by atoms with Crippen LogP contribution >= 0.6 is 0 Å². The van der Waals surface area contributed by atoms with Crippen LogP contribution in [0.3, 0.4) is 0 Å². The Morgan fingerprint density at radius 3 is 2.60 bits per heavy atom. The molecule has 2 heteroatoms. The van der Waals surface area contributed by atoms with Gasteiger partial charge in [0, 0.05) is 6.61 Å². The molecule has 1 aliphatic rings. The molecule has 1 rings (SSSR count). The molecule has 0 atom stereocenters. The van der Waals surface area contributed by atoms with Gasteiger partial charge in [0.15, 0.2) is 0 Å². The first-order valence-electron chi connectivity index (χ1n) is 4.13. The summed E-state index contributed by atoms with van der Waals surface area (Å²) < 4.78 is 10.5. The summed E-state index contributed by atoms with van der Waals surface area (Å²) in [5, 5.41) is 0. The Kier molecular flexibility index (Phi) is 3.76. The Bertz CT molecular complexity index is 77.3. The lowest BCUT2D eigenvalue weighted by Gasteiger charge is -2.09. The van der Waals surface area contributed by atoms with Gasteiger partial charge in [0.1, 0.15) is 6.79 Å². The van der Waals surface area contributed by atoms with E-state index in [9.17, 15) is 0 Å². The van der Waals surface area contributed by atoms with E-state index in [4.69, 9.17) is 9.47 Å². The van der Waals surface area contributed by atoms with Crippen LogP contribution < -0.4 is 0 Å². The normalized spacial score (nSPS) is 20.1. The fraction of sp³-hybridized carbons (Fsp3) is 1.00. The first kappa shape index (κ1) is 8.02. The topological polar surface area (TPSA) is 18.5 Å². The van der Waals surface area contributed by atoms with Crippen LogP contribution in [0.5, 0.6) is 0 Å². The van der Waals surface area contributed by atoms with Crippen molar-refractivity contribution < 1.29 is 9.47 Å². The summed E-state index contributed by atoms with van der Waals surface area (Å²) in [5.41, 5.74) is 0. The smallest absolute Gasteiger partial charge is 0.147 e. The molecule has 1 fully saturated rings. The van der Waals surface area contributed by atoms with Crippen LogP contribution in [0.15, 0.2) is 0 Å². The lowest BCUT2D eigenvalue weighted by molar-refractivity contribution is -0.0834. The first-order chi connectivity index (χ1) is 4.93. The molecule has 0 aromatic rings. The first-order valence-corrected chi connectivity index (χ1v) is 4.13. The van der Waals surface area contributed by atoms with Crippen molar-refractivity contribution in [2.45, 2.75) is 38.7 Å². The molecule has 1 aliphatic carbocycles. The lowest BCUT2D eigenvalue weighted by Crippen LogP contribution is -2.10. The summed E-state index contributed by atoms with van der Waals surface area (Å²) >= 11 is 0. The van der Waals surface area contributed by atoms with Gasteiger partial charge in [0.05, 0.1) is 6.10 Å². The Hall–Kier alpha value is -0.0800. The van der Waals surface area contributed by atoms with Gasteiger partial charge in [-0.2, -0.15) is 0 Å². The zero-order chi connectivity index (χ0) is 7.23. The van der Waals surface area contributed by atoms with Crippen molar-refractivity contribution in [3.8, 4) is 0 Å². The maximum atomic E-state index is 5.42. The van der Waals surface area contributed by atoms with Crippen LogP contribution in [-0.2, 0) is 9.47 Å². The van der Waals surface area contributed by atoms with E-state index in [1.165, 1.54) is 25.7 Å². The summed E-state index contributed by atoms with van der Waals surface area (Å²) in [6, 6.07) is 0. The molecule has 1 saturated carbocycles. The predicted molar refractivity (Wildman–Crippen MR) is 39.8 cm³/mol. The van der Waals surface area contributed by atoms with E-state index in [0.29, 0.717) is 12.9 Å². The second-order valence-electron chi connectivity index (χ2n) is 2.68. The fourth-order valence-corrected chi connectivity index (χ4v) is 1.28. The molecule has 2 nitrogen and oxygen atoms in total. The van der Waals surface area contributed by atoms with Crippen molar-refractivity contribution in [1.29, 1.82) is 0 Å². The van der Waals surface area contributed by atoms with E-state index in [1.54, 1.807) is 0 Å². The summed E-state index contributed by atoms with van der Waals surface area (Å²) in [6.45, 7) is 3.23. The van der Waals surface area contributed by atoms with E-state index >= 15 is 0 Å². The summed E-state index contributed by atoms with van der Waals surface area (Å²) in [5.74, 6) is 0. The molecule has 0 aliphatic heterocycles. The molecule has 0 amide bonds. The van der Waals surface area contributed by atoms with Crippen molar-refractivity contribution in [2.75, 3.05) is 13.4 Å². The molecule has 60 valence electrons. The van der Waals surface area contributed by atoms with E-state index in [-0.39, 0.29) is 0 Å². The standard InChI is InChI=1S/C8H16O2/c1-2-9-7-10-8-5-3-4-6-8/h8H,2-7H2,1H3. The second kappa shape index (κ2) is 4.69. The molecule has 0 bridgehead atoms. The van der Waals surface area contributed by atoms with E-state index in [2.05, 4.69) is 0 Å². The van der Waals surface area contributed by atoms with Gasteiger partial charge in [0.25, 0.3) is 0 Å². The van der Waals surface area contributed by atoms with Crippen molar-refractivity contribution in [3.05, 3.63) is 0 Å². The van der Waals surface area contributed by atoms with Gasteiger partial charge >= 0.3 is 0 Å². The minimum absolute atomic E-state index is 0.487. The van der Waals surface area contributed by atoms with Crippen LogP contribution in [0.2, 0.25) is 0 Å². The zero-order valence-electron chi connectivity index (χ0n) is 6.64. The van der Waals surface area contributed by atoms with Crippen LogP contribution in [0, 0.1) is 0 Å². The van der Waals surface area contributed by atoms with E-state index in [1.807, 2.05) is 6.92 Å². The molecule has 0 N–H and O–H groups in total. The van der Waals surface area contributed by atoms with Crippen LogP contribution in [0.4, 0.5) is 0 Å². The number of ether oxygens (including phenoxy) is 2. The SMILES string of the molecule is CCOCOC1CCCC1. The Morgan fingerprint density at radius 1 is 1.30 bits per heavy atom. The van der Waals surface area contributed by atoms with Crippen LogP contribution in [-0.4, -0.2) is 19.5 Å². The molecular weight excluding hydrogens is 128 g/mol. The highest BCUT2D eigenvalue weighted by Gasteiger charge is 2.14. The summed E-state index contributed by atoms with van der Waals surface area (Å²) in [4.78, 5) is 0. The highest BCUT2D eigenvalue weighted by atomic mass is 16.7. The number of hydrogen-bond acceptors (Lipinski definition) is 2. The van der Waals surface area contributed by atoms with E-state index < -0.39 is 0 Å². The molecule has 0 aromatic carbocycles. The average Bonchev–Trinajstić information content (AvgIpc) is 2.41. The number of hydrogen-bond donors (Lipinski definition) is 0. The van der Waals surface area contributed by atoms with Gasteiger partial charge in [-0.25, -0.2) is 0 Å². The Labute approximate surface area is 62.5 Å². The molecule has 0 spiro atoms. The fourth-order valence-electron chi connectivity index (χ4n) is 1.28. The van der Waals surface area contributed by atoms with Crippen molar-refractivity contribution in [2.24, 2.45) is 0 Å². The van der Waals surface area contributed by atoms with Gasteiger partial charge < -0.3 is 9.47 Å². The average molecular weight is 144 g/mol. The van der Waals surface area contributed by atoms with E-state index in [0.717, 1.165) is 6.61 Å². The third kappa shape index (κ3) is 2.67. The second-order valence-corrected chi connectivity index (χ2v) is 2.68. The highest BCUT2D eigenvalue weighted by Crippen LogP contribution is 2.20. The van der Waals surface area contributed by atoms with Crippen LogP contribution in [0.1, 0.15) is 32.6 Å². The molecule has 0 unspecified atom stereocenters. The predicted octanol–water partition coefficient (Wildman–Crippen LogP) is 1.94. The molecule has 10 heavy (non-hydrogen) atoms. The Balaban J connectivity index is 1.91. The highest BCUT2D eigenvalue weighted by molar-refractivity contribution is 4.65. The van der Waals surface area contributed by atoms with Crippen molar-refractivity contribution >= 4 is 0 Å². The van der Waals surface area contributed by atoms with Gasteiger partial charge in [-0.3, -0.25) is 0 Å². The Morgan fingerprint density at radius 2 is 2.00 bits per heavy atom. The number of rotatable bonds is 4. The quantitative estimate of drug-likeness (QED) is 0.443. The maximum Gasteiger partial charge on any atom is 0.147 e. The molecule has 0 saturated heterocycles. The molecule has 0 heterocycles. The largest absolute Gasteiger partial charge is 0.356 e. The van der Waals surface area contributed by atoms with Gasteiger partial charge in [-0.1, -0.05) is 12.8 Å². The molecular formula is C8H16O2. The monoisotopic (exact) mass is 144 g/mol. The van der Waals surface area contributed by atoms with Crippen LogP contribution in [0.25, 0.3) is 0 Å². The van der Waals surface area contributed by atoms with Gasteiger partial charge in [-0.05, 0) is 19.8 Å². The van der Waals surface area contributed by atoms with Gasteiger partial charge in [-0.15, -0.1) is 0 Å². The minimum Gasteiger partial charge on any atom is -0.356 e. The third-order valence-electron chi connectivity index (χ3n) is 1.89. The van der Waals surface area contributed by atoms with Crippen molar-refractivity contribution in [3.63, 3.8) is 0 Å². The third-order valence-corrected chi connectivity index (χ3v) is 1.89. The molecule has 0 radical (unpaired) electrons. The van der Waals surface area contributed by atoms with Crippen molar-refractivity contribution in [1.82, 2.24) is 0 Å².